The maximum atomic E-state index is 13.9. The van der Waals surface area contributed by atoms with E-state index in [0.717, 1.165) is 34.9 Å². The summed E-state index contributed by atoms with van der Waals surface area (Å²) in [6, 6.07) is 15.9. The zero-order valence-corrected chi connectivity index (χ0v) is 13.5. The van der Waals surface area contributed by atoms with Crippen LogP contribution in [0.1, 0.15) is 23.7 Å². The monoisotopic (exact) mass is 337 g/mol. The standard InChI is InChI=1S/C20H17F2N3/c21-16-6-3-5-15(20(16)22)18-12-23-19(25-18)11-10-14-9-8-13-4-1-2-7-17(13)24-14/h1-9,18H,10-12H2,(H,23,25). The molecule has 1 N–H and O–H groups in total. The predicted octanol–water partition coefficient (Wildman–Crippen LogP) is 4.19. The van der Waals surface area contributed by atoms with E-state index in [9.17, 15) is 8.78 Å². The van der Waals surface area contributed by atoms with Gasteiger partial charge in [-0.3, -0.25) is 9.98 Å². The number of nitrogens with one attached hydrogen (secondary N) is 1. The summed E-state index contributed by atoms with van der Waals surface area (Å²) in [6.45, 7) is 0.487. The lowest BCUT2D eigenvalue weighted by Gasteiger charge is -2.07. The molecule has 1 atom stereocenters. The molecule has 1 aromatic heterocycles. The van der Waals surface area contributed by atoms with Gasteiger partial charge in [-0.25, -0.2) is 8.78 Å². The summed E-state index contributed by atoms with van der Waals surface area (Å²) in [5, 5.41) is 4.31. The number of fused-ring (bicyclic) bond motifs is 1. The van der Waals surface area contributed by atoms with Crippen molar-refractivity contribution in [3.63, 3.8) is 0 Å². The number of hydrogen-bond acceptors (Lipinski definition) is 3. The summed E-state index contributed by atoms with van der Waals surface area (Å²) in [4.78, 5) is 9.16. The lowest BCUT2D eigenvalue weighted by molar-refractivity contribution is 0.490. The van der Waals surface area contributed by atoms with E-state index < -0.39 is 11.6 Å². The van der Waals surface area contributed by atoms with Crippen molar-refractivity contribution in [1.29, 1.82) is 0 Å². The van der Waals surface area contributed by atoms with Gasteiger partial charge in [0, 0.05) is 29.6 Å². The summed E-state index contributed by atoms with van der Waals surface area (Å²) in [5.41, 5.74) is 2.26. The molecule has 3 aromatic rings. The number of hydrogen-bond donors (Lipinski definition) is 1. The molecule has 0 saturated carbocycles. The Balaban J connectivity index is 1.47. The second kappa shape index (κ2) is 6.59. The van der Waals surface area contributed by atoms with Crippen molar-refractivity contribution in [2.75, 3.05) is 6.54 Å². The van der Waals surface area contributed by atoms with E-state index in [1.807, 2.05) is 30.3 Å². The molecule has 126 valence electrons. The minimum Gasteiger partial charge on any atom is -0.371 e. The van der Waals surface area contributed by atoms with Crippen LogP contribution in [0.5, 0.6) is 0 Å². The lowest BCUT2D eigenvalue weighted by atomic mass is 10.1. The fourth-order valence-electron chi connectivity index (χ4n) is 3.10. The van der Waals surface area contributed by atoms with Crippen LogP contribution < -0.4 is 5.32 Å². The summed E-state index contributed by atoms with van der Waals surface area (Å²) < 4.78 is 27.3. The van der Waals surface area contributed by atoms with Crippen molar-refractivity contribution >= 4 is 16.7 Å². The maximum absolute atomic E-state index is 13.9. The zero-order valence-electron chi connectivity index (χ0n) is 13.5. The molecule has 1 unspecified atom stereocenters. The fourth-order valence-corrected chi connectivity index (χ4v) is 3.10. The zero-order chi connectivity index (χ0) is 17.2. The van der Waals surface area contributed by atoms with E-state index in [1.54, 1.807) is 6.07 Å². The molecule has 4 rings (SSSR count). The van der Waals surface area contributed by atoms with Crippen LogP contribution in [0.2, 0.25) is 0 Å². The first kappa shape index (κ1) is 15.7. The highest BCUT2D eigenvalue weighted by molar-refractivity contribution is 5.84. The molecule has 1 aliphatic rings. The van der Waals surface area contributed by atoms with Crippen molar-refractivity contribution in [2.24, 2.45) is 4.99 Å². The van der Waals surface area contributed by atoms with Gasteiger partial charge in [-0.1, -0.05) is 36.4 Å². The Kier molecular flexibility index (Phi) is 4.14. The summed E-state index contributed by atoms with van der Waals surface area (Å²) >= 11 is 0. The Morgan fingerprint density at radius 2 is 1.84 bits per heavy atom. The molecule has 5 heteroatoms. The number of nitrogens with zero attached hydrogens (tertiary/aromatic N) is 2. The van der Waals surface area contributed by atoms with Gasteiger partial charge in [-0.15, -0.1) is 0 Å². The number of aromatic nitrogens is 1. The SMILES string of the molecule is Fc1cccc(C2CNC(CCc3ccc4ccccc4n3)=N2)c1F. The molecule has 2 heterocycles. The molecule has 0 spiro atoms. The van der Waals surface area contributed by atoms with Gasteiger partial charge < -0.3 is 5.32 Å². The first-order valence-electron chi connectivity index (χ1n) is 8.30. The topological polar surface area (TPSA) is 37.3 Å². The third kappa shape index (κ3) is 3.22. The average Bonchev–Trinajstić information content (AvgIpc) is 3.11. The Bertz CT molecular complexity index is 953. The number of para-hydroxylation sites is 1. The van der Waals surface area contributed by atoms with Crippen molar-refractivity contribution < 1.29 is 8.78 Å². The number of benzene rings is 2. The first-order chi connectivity index (χ1) is 12.2. The fraction of sp³-hybridized carbons (Fsp3) is 0.200. The maximum Gasteiger partial charge on any atom is 0.164 e. The van der Waals surface area contributed by atoms with Gasteiger partial charge in [-0.2, -0.15) is 0 Å². The summed E-state index contributed by atoms with van der Waals surface area (Å²) in [6.07, 6.45) is 1.44. The van der Waals surface area contributed by atoms with Crippen LogP contribution in [-0.4, -0.2) is 17.4 Å². The highest BCUT2D eigenvalue weighted by Crippen LogP contribution is 2.25. The lowest BCUT2D eigenvalue weighted by Crippen LogP contribution is -2.20. The molecule has 0 amide bonds. The van der Waals surface area contributed by atoms with Gasteiger partial charge >= 0.3 is 0 Å². The molecule has 1 aliphatic heterocycles. The molecule has 3 nitrogen and oxygen atoms in total. The van der Waals surface area contributed by atoms with Crippen LogP contribution in [0.25, 0.3) is 10.9 Å². The highest BCUT2D eigenvalue weighted by atomic mass is 19.2. The smallest absolute Gasteiger partial charge is 0.164 e. The number of aryl methyl sites for hydroxylation is 1. The van der Waals surface area contributed by atoms with Crippen LogP contribution >= 0.6 is 0 Å². The van der Waals surface area contributed by atoms with Crippen molar-refractivity contribution in [3.05, 3.63) is 77.5 Å². The van der Waals surface area contributed by atoms with Gasteiger partial charge in [0.2, 0.25) is 0 Å². The van der Waals surface area contributed by atoms with E-state index in [1.165, 1.54) is 6.07 Å². The number of rotatable bonds is 4. The van der Waals surface area contributed by atoms with E-state index in [2.05, 4.69) is 21.4 Å². The van der Waals surface area contributed by atoms with Gasteiger partial charge in [0.25, 0.3) is 0 Å². The number of amidine groups is 1. The second-order valence-electron chi connectivity index (χ2n) is 6.11. The molecule has 2 aromatic carbocycles. The quantitative estimate of drug-likeness (QED) is 0.775. The van der Waals surface area contributed by atoms with E-state index in [0.29, 0.717) is 18.5 Å². The van der Waals surface area contributed by atoms with Crippen LogP contribution in [-0.2, 0) is 6.42 Å². The Hall–Kier alpha value is -2.82. The number of pyridine rings is 1. The summed E-state index contributed by atoms with van der Waals surface area (Å²) in [5.74, 6) is -0.833. The van der Waals surface area contributed by atoms with Crippen LogP contribution in [0.3, 0.4) is 0 Å². The van der Waals surface area contributed by atoms with Gasteiger partial charge in [-0.05, 0) is 24.6 Å². The normalized spacial score (nSPS) is 16.7. The van der Waals surface area contributed by atoms with Gasteiger partial charge in [0.05, 0.1) is 17.4 Å². The summed E-state index contributed by atoms with van der Waals surface area (Å²) in [7, 11) is 0. The van der Waals surface area contributed by atoms with E-state index in [-0.39, 0.29) is 6.04 Å². The Labute approximate surface area is 144 Å². The van der Waals surface area contributed by atoms with Crippen LogP contribution in [0.15, 0.2) is 59.6 Å². The van der Waals surface area contributed by atoms with E-state index >= 15 is 0 Å². The third-order valence-electron chi connectivity index (χ3n) is 4.43. The van der Waals surface area contributed by atoms with Gasteiger partial charge in [0.1, 0.15) is 0 Å². The largest absolute Gasteiger partial charge is 0.371 e. The van der Waals surface area contributed by atoms with Gasteiger partial charge in [0.15, 0.2) is 11.6 Å². The van der Waals surface area contributed by atoms with Crippen molar-refractivity contribution in [2.45, 2.75) is 18.9 Å². The number of aliphatic imine (C=N–C) groups is 1. The van der Waals surface area contributed by atoms with Crippen LogP contribution in [0, 0.1) is 11.6 Å². The minimum absolute atomic E-state index is 0.298. The molecule has 0 bridgehead atoms. The molecular formula is C20H17F2N3. The van der Waals surface area contributed by atoms with Crippen LogP contribution in [0.4, 0.5) is 8.78 Å². The average molecular weight is 337 g/mol. The Morgan fingerprint density at radius 1 is 0.960 bits per heavy atom. The highest BCUT2D eigenvalue weighted by Gasteiger charge is 2.22. The molecule has 0 aliphatic carbocycles. The third-order valence-corrected chi connectivity index (χ3v) is 4.43. The minimum atomic E-state index is -0.832. The number of halogens is 2. The molecule has 0 saturated heterocycles. The van der Waals surface area contributed by atoms with E-state index in [4.69, 9.17) is 0 Å². The second-order valence-corrected chi connectivity index (χ2v) is 6.11. The van der Waals surface area contributed by atoms with Crippen molar-refractivity contribution in [1.82, 2.24) is 10.3 Å². The molecule has 0 fully saturated rings. The molecular weight excluding hydrogens is 320 g/mol. The Morgan fingerprint density at radius 3 is 2.76 bits per heavy atom. The molecule has 25 heavy (non-hydrogen) atoms. The predicted molar refractivity (Wildman–Crippen MR) is 94.6 cm³/mol. The van der Waals surface area contributed by atoms with Crippen molar-refractivity contribution in [3.8, 4) is 0 Å². The molecule has 0 radical (unpaired) electrons. The first-order valence-corrected chi connectivity index (χ1v) is 8.30.